The Morgan fingerprint density at radius 1 is 1.33 bits per heavy atom. The zero-order valence-electron chi connectivity index (χ0n) is 11.8. The summed E-state index contributed by atoms with van der Waals surface area (Å²) in [4.78, 5) is 35.3. The molecule has 110 valence electrons. The predicted octanol–water partition coefficient (Wildman–Crippen LogP) is 1.71. The molecule has 0 radical (unpaired) electrons. The number of carbonyl (C=O) groups excluding carboxylic acids is 2. The van der Waals surface area contributed by atoms with Gasteiger partial charge in [-0.2, -0.15) is 10.1 Å². The number of amides is 1. The van der Waals surface area contributed by atoms with Crippen molar-refractivity contribution in [1.29, 1.82) is 0 Å². The van der Waals surface area contributed by atoms with E-state index in [2.05, 4.69) is 5.10 Å². The van der Waals surface area contributed by atoms with Crippen LogP contribution in [0.4, 0.5) is 5.69 Å². The summed E-state index contributed by atoms with van der Waals surface area (Å²) >= 11 is 0. The molecule has 6 nitrogen and oxygen atoms in total. The SMILES string of the molecule is CC1=NN(c2ccccc2)C(=O)C1C(=O)C[C@@H](C)C(=O)O. The zero-order valence-corrected chi connectivity index (χ0v) is 11.8. The smallest absolute Gasteiger partial charge is 0.306 e. The van der Waals surface area contributed by atoms with E-state index in [1.165, 1.54) is 11.9 Å². The number of carbonyl (C=O) groups is 3. The Morgan fingerprint density at radius 3 is 2.52 bits per heavy atom. The number of anilines is 1. The first-order valence-corrected chi connectivity index (χ1v) is 6.61. The van der Waals surface area contributed by atoms with Crippen LogP contribution in [0.5, 0.6) is 0 Å². The molecule has 1 aliphatic rings. The van der Waals surface area contributed by atoms with Gasteiger partial charge in [0.1, 0.15) is 5.92 Å². The third kappa shape index (κ3) is 2.99. The molecule has 1 aromatic carbocycles. The van der Waals surface area contributed by atoms with E-state index in [9.17, 15) is 14.4 Å². The quantitative estimate of drug-likeness (QED) is 0.835. The Hall–Kier alpha value is -2.50. The number of aliphatic carboxylic acids is 1. The number of benzene rings is 1. The molecule has 1 aliphatic heterocycles. The number of ketones is 1. The highest BCUT2D eigenvalue weighted by Gasteiger charge is 2.40. The lowest BCUT2D eigenvalue weighted by atomic mass is 9.92. The molecule has 0 aliphatic carbocycles. The lowest BCUT2D eigenvalue weighted by Gasteiger charge is -2.14. The number of carboxylic acid groups (broad SMARTS) is 1. The molecular formula is C15H16N2O4. The summed E-state index contributed by atoms with van der Waals surface area (Å²) in [6.45, 7) is 3.05. The highest BCUT2D eigenvalue weighted by Crippen LogP contribution is 2.25. The minimum absolute atomic E-state index is 0.179. The van der Waals surface area contributed by atoms with Crippen molar-refractivity contribution in [3.05, 3.63) is 30.3 Å². The van der Waals surface area contributed by atoms with Crippen LogP contribution in [0.2, 0.25) is 0 Å². The second-order valence-electron chi connectivity index (χ2n) is 5.07. The van der Waals surface area contributed by atoms with Gasteiger partial charge in [0.15, 0.2) is 5.78 Å². The number of hydrogen-bond acceptors (Lipinski definition) is 4. The van der Waals surface area contributed by atoms with E-state index in [4.69, 9.17) is 5.11 Å². The van der Waals surface area contributed by atoms with Gasteiger partial charge in [0.25, 0.3) is 5.91 Å². The molecule has 0 fully saturated rings. The maximum absolute atomic E-state index is 12.4. The monoisotopic (exact) mass is 288 g/mol. The lowest BCUT2D eigenvalue weighted by Crippen LogP contribution is -2.34. The van der Waals surface area contributed by atoms with Gasteiger partial charge in [0.2, 0.25) is 0 Å². The average Bonchev–Trinajstić information content (AvgIpc) is 2.74. The second kappa shape index (κ2) is 5.87. The lowest BCUT2D eigenvalue weighted by molar-refractivity contribution is -0.144. The van der Waals surface area contributed by atoms with Crippen molar-refractivity contribution < 1.29 is 19.5 Å². The number of rotatable bonds is 5. The summed E-state index contributed by atoms with van der Waals surface area (Å²) in [7, 11) is 0. The molecular weight excluding hydrogens is 272 g/mol. The third-order valence-electron chi connectivity index (χ3n) is 3.38. The summed E-state index contributed by atoms with van der Waals surface area (Å²) in [5.74, 6) is -3.69. The van der Waals surface area contributed by atoms with E-state index < -0.39 is 29.5 Å². The first-order chi connectivity index (χ1) is 9.91. The second-order valence-corrected chi connectivity index (χ2v) is 5.07. The van der Waals surface area contributed by atoms with Crippen molar-refractivity contribution in [2.75, 3.05) is 5.01 Å². The molecule has 1 unspecified atom stereocenters. The van der Waals surface area contributed by atoms with Gasteiger partial charge in [0, 0.05) is 6.42 Å². The van der Waals surface area contributed by atoms with Gasteiger partial charge in [-0.05, 0) is 19.1 Å². The summed E-state index contributed by atoms with van der Waals surface area (Å²) in [6, 6.07) is 8.81. The number of hydrazone groups is 1. The Morgan fingerprint density at radius 2 is 1.95 bits per heavy atom. The molecule has 0 saturated heterocycles. The van der Waals surface area contributed by atoms with E-state index >= 15 is 0 Å². The van der Waals surface area contributed by atoms with Crippen LogP contribution in [0.1, 0.15) is 20.3 Å². The van der Waals surface area contributed by atoms with Crippen LogP contribution in [0.3, 0.4) is 0 Å². The molecule has 1 heterocycles. The fourth-order valence-corrected chi connectivity index (χ4v) is 2.20. The predicted molar refractivity (Wildman–Crippen MR) is 77.0 cm³/mol. The molecule has 1 N–H and O–H groups in total. The molecule has 1 amide bonds. The number of Topliss-reactive ketones (excluding diaryl/α,β-unsaturated/α-hetero) is 1. The minimum atomic E-state index is -1.05. The van der Waals surface area contributed by atoms with Crippen molar-refractivity contribution in [3.8, 4) is 0 Å². The van der Waals surface area contributed by atoms with Crippen LogP contribution in [-0.4, -0.2) is 28.5 Å². The van der Waals surface area contributed by atoms with Crippen molar-refractivity contribution in [2.45, 2.75) is 20.3 Å². The number of para-hydroxylation sites is 1. The van der Waals surface area contributed by atoms with Gasteiger partial charge in [-0.3, -0.25) is 14.4 Å². The molecule has 0 aromatic heterocycles. The van der Waals surface area contributed by atoms with Gasteiger partial charge in [-0.1, -0.05) is 25.1 Å². The molecule has 1 aromatic rings. The number of nitrogens with zero attached hydrogens (tertiary/aromatic N) is 2. The summed E-state index contributed by atoms with van der Waals surface area (Å²) in [5.41, 5.74) is 0.981. The van der Waals surface area contributed by atoms with E-state index in [0.29, 0.717) is 11.4 Å². The van der Waals surface area contributed by atoms with Gasteiger partial charge in [-0.15, -0.1) is 0 Å². The summed E-state index contributed by atoms with van der Waals surface area (Å²) in [5, 5.41) is 14.2. The van der Waals surface area contributed by atoms with Crippen LogP contribution >= 0.6 is 0 Å². The summed E-state index contributed by atoms with van der Waals surface area (Å²) < 4.78 is 0. The minimum Gasteiger partial charge on any atom is -0.481 e. The molecule has 2 rings (SSSR count). The van der Waals surface area contributed by atoms with Gasteiger partial charge in [0.05, 0.1) is 17.3 Å². The fraction of sp³-hybridized carbons (Fsp3) is 0.333. The molecule has 0 spiro atoms. The van der Waals surface area contributed by atoms with Crippen molar-refractivity contribution in [3.63, 3.8) is 0 Å². The van der Waals surface area contributed by atoms with Gasteiger partial charge >= 0.3 is 5.97 Å². The summed E-state index contributed by atoms with van der Waals surface area (Å²) in [6.07, 6.45) is -0.179. The van der Waals surface area contributed by atoms with Gasteiger partial charge < -0.3 is 5.11 Å². The van der Waals surface area contributed by atoms with Crippen LogP contribution in [0.25, 0.3) is 0 Å². The largest absolute Gasteiger partial charge is 0.481 e. The average molecular weight is 288 g/mol. The maximum Gasteiger partial charge on any atom is 0.306 e. The van der Waals surface area contributed by atoms with Crippen LogP contribution in [0.15, 0.2) is 35.4 Å². The first kappa shape index (κ1) is 14.9. The maximum atomic E-state index is 12.4. The zero-order chi connectivity index (χ0) is 15.6. The molecule has 2 atom stereocenters. The van der Waals surface area contributed by atoms with E-state index in [1.807, 2.05) is 6.07 Å². The standard InChI is InChI=1S/C15H16N2O4/c1-9(15(20)21)8-12(18)13-10(2)16-17(14(13)19)11-6-4-3-5-7-11/h3-7,9,13H,8H2,1-2H3,(H,20,21)/t9-,13?/m1/s1. The van der Waals surface area contributed by atoms with E-state index in [1.54, 1.807) is 31.2 Å². The Kier molecular flexibility index (Phi) is 4.16. The Balaban J connectivity index is 2.17. The highest BCUT2D eigenvalue weighted by atomic mass is 16.4. The third-order valence-corrected chi connectivity index (χ3v) is 3.38. The highest BCUT2D eigenvalue weighted by molar-refractivity contribution is 6.27. The normalized spacial score (nSPS) is 19.3. The Bertz CT molecular complexity index is 609. The van der Waals surface area contributed by atoms with Crippen molar-refractivity contribution >= 4 is 29.1 Å². The fourth-order valence-electron chi connectivity index (χ4n) is 2.20. The van der Waals surface area contributed by atoms with E-state index in [-0.39, 0.29) is 6.42 Å². The number of carboxylic acids is 1. The van der Waals surface area contributed by atoms with Crippen LogP contribution in [0, 0.1) is 11.8 Å². The van der Waals surface area contributed by atoms with Crippen molar-refractivity contribution in [1.82, 2.24) is 0 Å². The molecule has 0 bridgehead atoms. The van der Waals surface area contributed by atoms with Crippen LogP contribution < -0.4 is 5.01 Å². The van der Waals surface area contributed by atoms with Crippen molar-refractivity contribution in [2.24, 2.45) is 16.9 Å². The van der Waals surface area contributed by atoms with E-state index in [0.717, 1.165) is 0 Å². The molecule has 6 heteroatoms. The Labute approximate surface area is 122 Å². The topological polar surface area (TPSA) is 87.0 Å². The van der Waals surface area contributed by atoms with Crippen LogP contribution in [-0.2, 0) is 14.4 Å². The molecule has 0 saturated carbocycles. The molecule has 21 heavy (non-hydrogen) atoms. The van der Waals surface area contributed by atoms with Gasteiger partial charge in [-0.25, -0.2) is 0 Å². The first-order valence-electron chi connectivity index (χ1n) is 6.61. The number of hydrogen-bond donors (Lipinski definition) is 1.